The summed E-state index contributed by atoms with van der Waals surface area (Å²) in [4.78, 5) is 81.7. The molecule has 53 heavy (non-hydrogen) atoms. The van der Waals surface area contributed by atoms with E-state index in [4.69, 9.17) is 4.74 Å². The van der Waals surface area contributed by atoms with Crippen molar-refractivity contribution in [3.8, 4) is 0 Å². The number of carbonyl (C=O) groups is 6. The second-order valence-corrected chi connectivity index (χ2v) is 15.3. The van der Waals surface area contributed by atoms with Crippen LogP contribution in [0.15, 0.2) is 12.2 Å². The predicted molar refractivity (Wildman–Crippen MR) is 203 cm³/mol. The third kappa shape index (κ3) is 17.9. The quantitative estimate of drug-likeness (QED) is 0.0623. The Balaban J connectivity index is 3.55. The SMILES string of the molecule is CCCCCCC/C=C/CCCC1OC(=O)[C@H](C(C)CC)NC(=O)[C@@H](CC(C)C)NC(=O)[C@H](C(C)O)NC(=O)[C@H](CO)NC(=O)[C@@H](CC(C)C)NC1=O. The predicted octanol–water partition coefficient (Wildman–Crippen LogP) is 2.93. The van der Waals surface area contributed by atoms with Crippen molar-refractivity contribution in [3.63, 3.8) is 0 Å². The van der Waals surface area contributed by atoms with E-state index in [1.807, 2.05) is 40.7 Å². The van der Waals surface area contributed by atoms with Gasteiger partial charge in [0.15, 0.2) is 6.10 Å². The van der Waals surface area contributed by atoms with Crippen molar-refractivity contribution in [2.75, 3.05) is 6.61 Å². The molecule has 304 valence electrons. The first-order valence-corrected chi connectivity index (χ1v) is 19.7. The average molecular weight is 752 g/mol. The Kier molecular flexibility index (Phi) is 22.8. The molecule has 1 aliphatic rings. The molecule has 0 aromatic heterocycles. The standard InChI is InChI=1S/C39H69N5O9/c1-9-11-12-13-14-15-16-17-18-19-20-31-37(50)40-28(21-24(3)4)34(47)42-30(23-45)36(49)44-33(27(8)46)38(51)41-29(22-25(5)6)35(48)43-32(26(7)10-2)39(52)53-31/h16-17,24-33,45-46H,9-15,18-23H2,1-8H3,(H,40,50)(H,41,51)(H,42,47)(H,43,48)(H,44,49)/b17-16+/t26?,27?,28-,29-,30+,31?,32+,33+/m1/s1. The number of amides is 5. The summed E-state index contributed by atoms with van der Waals surface area (Å²) in [5.74, 6) is -5.42. The molecule has 0 aliphatic carbocycles. The summed E-state index contributed by atoms with van der Waals surface area (Å²) in [6.45, 7) is 13.6. The van der Waals surface area contributed by atoms with Crippen LogP contribution in [0.4, 0.5) is 0 Å². The van der Waals surface area contributed by atoms with Crippen molar-refractivity contribution < 1.29 is 43.7 Å². The number of aliphatic hydroxyl groups excluding tert-OH is 2. The molecule has 0 aromatic carbocycles. The first-order valence-electron chi connectivity index (χ1n) is 19.7. The number of rotatable bonds is 18. The van der Waals surface area contributed by atoms with Gasteiger partial charge in [-0.15, -0.1) is 0 Å². The van der Waals surface area contributed by atoms with Crippen molar-refractivity contribution in [1.82, 2.24) is 26.6 Å². The molecule has 1 heterocycles. The monoisotopic (exact) mass is 752 g/mol. The topological polar surface area (TPSA) is 212 Å². The summed E-state index contributed by atoms with van der Waals surface area (Å²) < 4.78 is 5.86. The summed E-state index contributed by atoms with van der Waals surface area (Å²) in [6, 6.07) is -6.61. The number of aliphatic hydroxyl groups is 2. The number of ether oxygens (including phenoxy) is 1. The number of cyclic esters (lactones) is 1. The van der Waals surface area contributed by atoms with E-state index in [0.29, 0.717) is 19.3 Å². The molecule has 0 aromatic rings. The Morgan fingerprint density at radius 1 is 0.623 bits per heavy atom. The molecule has 7 N–H and O–H groups in total. The number of allylic oxidation sites excluding steroid dienone is 2. The zero-order valence-corrected chi connectivity index (χ0v) is 33.4. The Morgan fingerprint density at radius 2 is 1.11 bits per heavy atom. The number of unbranched alkanes of at least 4 members (excludes halogenated alkanes) is 6. The fraction of sp³-hybridized carbons (Fsp3) is 0.795. The number of carbonyl (C=O) groups excluding carboxylic acids is 6. The van der Waals surface area contributed by atoms with Crippen LogP contribution in [0, 0.1) is 17.8 Å². The van der Waals surface area contributed by atoms with E-state index in [0.717, 1.165) is 12.8 Å². The lowest BCUT2D eigenvalue weighted by Gasteiger charge is -2.31. The molecule has 14 nitrogen and oxygen atoms in total. The van der Waals surface area contributed by atoms with Crippen LogP contribution in [0.25, 0.3) is 0 Å². The maximum atomic E-state index is 13.9. The van der Waals surface area contributed by atoms with Crippen LogP contribution < -0.4 is 26.6 Å². The van der Waals surface area contributed by atoms with Crippen LogP contribution in [0.1, 0.15) is 132 Å². The zero-order chi connectivity index (χ0) is 40.1. The van der Waals surface area contributed by atoms with Crippen LogP contribution in [-0.4, -0.2) is 94.7 Å². The highest BCUT2D eigenvalue weighted by atomic mass is 16.5. The molecule has 1 saturated heterocycles. The second-order valence-electron chi connectivity index (χ2n) is 15.3. The van der Waals surface area contributed by atoms with Gasteiger partial charge in [0.25, 0.3) is 5.91 Å². The summed E-state index contributed by atoms with van der Waals surface area (Å²) in [5, 5.41) is 33.4. The van der Waals surface area contributed by atoms with Gasteiger partial charge in [0, 0.05) is 0 Å². The highest BCUT2D eigenvalue weighted by Crippen LogP contribution is 2.17. The Hall–Kier alpha value is -3.52. The number of nitrogens with one attached hydrogen (secondary N) is 5. The lowest BCUT2D eigenvalue weighted by Crippen LogP contribution is -2.62. The van der Waals surface area contributed by atoms with Crippen LogP contribution in [0.5, 0.6) is 0 Å². The normalized spacial score (nSPS) is 25.5. The van der Waals surface area contributed by atoms with Crippen LogP contribution >= 0.6 is 0 Å². The van der Waals surface area contributed by atoms with Crippen molar-refractivity contribution in [1.29, 1.82) is 0 Å². The highest BCUT2D eigenvalue weighted by molar-refractivity contribution is 5.97. The van der Waals surface area contributed by atoms with Crippen LogP contribution in [-0.2, 0) is 33.5 Å². The zero-order valence-electron chi connectivity index (χ0n) is 33.4. The molecule has 1 rings (SSSR count). The smallest absolute Gasteiger partial charge is 0.329 e. The van der Waals surface area contributed by atoms with Crippen LogP contribution in [0.2, 0.25) is 0 Å². The van der Waals surface area contributed by atoms with Gasteiger partial charge in [-0.3, -0.25) is 24.0 Å². The molecule has 0 bridgehead atoms. The van der Waals surface area contributed by atoms with Gasteiger partial charge in [-0.05, 0) is 69.6 Å². The first-order chi connectivity index (χ1) is 25.1. The molecule has 0 spiro atoms. The van der Waals surface area contributed by atoms with Gasteiger partial charge in [-0.2, -0.15) is 0 Å². The summed E-state index contributed by atoms with van der Waals surface area (Å²) in [6.07, 6.45) is 10.3. The van der Waals surface area contributed by atoms with Gasteiger partial charge in [-0.25, -0.2) is 4.79 Å². The largest absolute Gasteiger partial charge is 0.451 e. The third-order valence-corrected chi connectivity index (χ3v) is 9.35. The van der Waals surface area contributed by atoms with Gasteiger partial charge in [0.1, 0.15) is 30.2 Å². The van der Waals surface area contributed by atoms with Gasteiger partial charge in [-0.1, -0.05) is 92.7 Å². The molecule has 14 heteroatoms. The maximum absolute atomic E-state index is 13.9. The van der Waals surface area contributed by atoms with Crippen molar-refractivity contribution in [2.45, 2.75) is 175 Å². The van der Waals surface area contributed by atoms with Crippen molar-refractivity contribution in [3.05, 3.63) is 12.2 Å². The third-order valence-electron chi connectivity index (χ3n) is 9.35. The Bertz CT molecular complexity index is 1190. The summed E-state index contributed by atoms with van der Waals surface area (Å²) >= 11 is 0. The molecular formula is C39H69N5O9. The molecule has 0 radical (unpaired) electrons. The minimum Gasteiger partial charge on any atom is -0.451 e. The summed E-state index contributed by atoms with van der Waals surface area (Å²) in [7, 11) is 0. The van der Waals surface area contributed by atoms with Crippen molar-refractivity contribution >= 4 is 35.5 Å². The van der Waals surface area contributed by atoms with E-state index in [1.54, 1.807) is 6.92 Å². The van der Waals surface area contributed by atoms with Gasteiger partial charge in [0.05, 0.1) is 12.7 Å². The minimum atomic E-state index is -1.56. The minimum absolute atomic E-state index is 0.0894. The van der Waals surface area contributed by atoms with E-state index in [9.17, 15) is 39.0 Å². The van der Waals surface area contributed by atoms with E-state index in [1.165, 1.54) is 32.6 Å². The fourth-order valence-electron chi connectivity index (χ4n) is 5.96. The van der Waals surface area contributed by atoms with Gasteiger partial charge in [0.2, 0.25) is 23.6 Å². The number of hydrogen-bond donors (Lipinski definition) is 7. The Labute approximate surface area is 316 Å². The lowest BCUT2D eigenvalue weighted by atomic mass is 9.97. The average Bonchev–Trinajstić information content (AvgIpc) is 3.09. The molecule has 1 fully saturated rings. The van der Waals surface area contributed by atoms with E-state index >= 15 is 0 Å². The molecule has 3 unspecified atom stereocenters. The van der Waals surface area contributed by atoms with E-state index < -0.39 is 90.4 Å². The first kappa shape index (κ1) is 47.5. The maximum Gasteiger partial charge on any atom is 0.329 e. The van der Waals surface area contributed by atoms with Gasteiger partial charge < -0.3 is 41.5 Å². The number of esters is 1. The second kappa shape index (κ2) is 25.5. The van der Waals surface area contributed by atoms with E-state index in [2.05, 4.69) is 39.6 Å². The highest BCUT2D eigenvalue weighted by Gasteiger charge is 2.38. The van der Waals surface area contributed by atoms with Crippen molar-refractivity contribution in [2.24, 2.45) is 17.8 Å². The van der Waals surface area contributed by atoms with Gasteiger partial charge >= 0.3 is 5.97 Å². The molecule has 0 saturated carbocycles. The molecule has 5 amide bonds. The lowest BCUT2D eigenvalue weighted by molar-refractivity contribution is -0.161. The van der Waals surface area contributed by atoms with Crippen LogP contribution in [0.3, 0.4) is 0 Å². The molecule has 1 aliphatic heterocycles. The van der Waals surface area contributed by atoms with E-state index in [-0.39, 0.29) is 31.1 Å². The number of hydrogen-bond acceptors (Lipinski definition) is 9. The Morgan fingerprint density at radius 3 is 1.64 bits per heavy atom. The summed E-state index contributed by atoms with van der Waals surface area (Å²) in [5.41, 5.74) is 0. The fourth-order valence-corrected chi connectivity index (χ4v) is 5.96. The molecule has 8 atom stereocenters. The molecular weight excluding hydrogens is 682 g/mol.